The number of benzene rings is 2. The second-order valence-electron chi connectivity index (χ2n) is 8.95. The summed E-state index contributed by atoms with van der Waals surface area (Å²) in [6.45, 7) is 9.75. The first-order chi connectivity index (χ1) is 18.8. The van der Waals surface area contributed by atoms with Gasteiger partial charge in [0.05, 0.1) is 41.8 Å². The predicted molar refractivity (Wildman–Crippen MR) is 147 cm³/mol. The molecule has 0 bridgehead atoms. The van der Waals surface area contributed by atoms with Gasteiger partial charge in [-0.05, 0) is 51.5 Å². The molecule has 0 saturated carbocycles. The standard InChI is InChI=1S/C27H32N5O6P/c1-5-32-23(14-18(4)30-32)26(33)29-27-28-21-15-24-25(36-13-12-35-24)16-22(21)31(27)17-19-8-10-20(11-9-19)39(34,37-6-2)38-7-3/h8-11,14-16H,5-7,12-13,17H2,1-4H3,(H,28,29,33). The largest absolute Gasteiger partial charge is 0.486 e. The third kappa shape index (κ3) is 5.43. The van der Waals surface area contributed by atoms with E-state index in [1.54, 1.807) is 36.7 Å². The smallest absolute Gasteiger partial charge is 0.361 e. The highest BCUT2D eigenvalue weighted by molar-refractivity contribution is 7.62. The molecule has 2 aromatic heterocycles. The number of fused-ring (bicyclic) bond motifs is 2. The van der Waals surface area contributed by atoms with Gasteiger partial charge >= 0.3 is 7.60 Å². The van der Waals surface area contributed by atoms with Gasteiger partial charge in [-0.25, -0.2) is 4.98 Å². The lowest BCUT2D eigenvalue weighted by atomic mass is 10.2. The van der Waals surface area contributed by atoms with Crippen LogP contribution in [-0.4, -0.2) is 51.7 Å². The van der Waals surface area contributed by atoms with Crippen molar-refractivity contribution in [3.8, 4) is 11.5 Å². The van der Waals surface area contributed by atoms with Crippen molar-refractivity contribution >= 4 is 35.8 Å². The van der Waals surface area contributed by atoms with Crippen molar-refractivity contribution in [2.45, 2.75) is 40.8 Å². The van der Waals surface area contributed by atoms with Crippen LogP contribution >= 0.6 is 7.60 Å². The molecule has 1 aliphatic rings. The normalized spacial score (nSPS) is 13.1. The fourth-order valence-electron chi connectivity index (χ4n) is 4.54. The summed E-state index contributed by atoms with van der Waals surface area (Å²) in [5.41, 5.74) is 3.54. The van der Waals surface area contributed by atoms with Crippen LogP contribution in [0.5, 0.6) is 11.5 Å². The number of hydrogen-bond acceptors (Lipinski definition) is 8. The van der Waals surface area contributed by atoms with Crippen molar-refractivity contribution in [3.63, 3.8) is 0 Å². The van der Waals surface area contributed by atoms with Crippen molar-refractivity contribution in [1.29, 1.82) is 0 Å². The summed E-state index contributed by atoms with van der Waals surface area (Å²) in [4.78, 5) is 18.0. The molecule has 2 aromatic carbocycles. The number of nitrogens with zero attached hydrogens (tertiary/aromatic N) is 4. The van der Waals surface area contributed by atoms with E-state index in [-0.39, 0.29) is 19.1 Å². The monoisotopic (exact) mass is 553 g/mol. The molecule has 0 atom stereocenters. The topological polar surface area (TPSA) is 119 Å². The number of nitrogens with one attached hydrogen (secondary N) is 1. The number of rotatable bonds is 10. The van der Waals surface area contributed by atoms with Crippen LogP contribution in [0.25, 0.3) is 11.0 Å². The molecule has 3 heterocycles. The Balaban J connectivity index is 1.52. The third-order valence-corrected chi connectivity index (χ3v) is 8.39. The number of aryl methyl sites for hydroxylation is 2. The first kappa shape index (κ1) is 26.9. The molecule has 4 aromatic rings. The van der Waals surface area contributed by atoms with E-state index in [4.69, 9.17) is 23.5 Å². The van der Waals surface area contributed by atoms with Crippen LogP contribution in [0, 0.1) is 6.92 Å². The minimum atomic E-state index is -3.40. The quantitative estimate of drug-likeness (QED) is 0.285. The molecule has 0 unspecified atom stereocenters. The second kappa shape index (κ2) is 11.2. The Morgan fingerprint density at radius 2 is 1.69 bits per heavy atom. The lowest BCUT2D eigenvalue weighted by molar-refractivity contribution is 0.101. The lowest BCUT2D eigenvalue weighted by Gasteiger charge is -2.19. The Morgan fingerprint density at radius 3 is 2.33 bits per heavy atom. The van der Waals surface area contributed by atoms with Crippen LogP contribution in [0.2, 0.25) is 0 Å². The minimum absolute atomic E-state index is 0.273. The molecule has 12 heteroatoms. The maximum absolute atomic E-state index is 13.3. The number of carbonyl (C=O) groups excluding carboxylic acids is 1. The molecule has 1 amide bonds. The zero-order chi connectivity index (χ0) is 27.6. The van der Waals surface area contributed by atoms with E-state index in [1.165, 1.54) is 0 Å². The summed E-state index contributed by atoms with van der Waals surface area (Å²) in [6, 6.07) is 12.7. The number of anilines is 1. The van der Waals surface area contributed by atoms with Crippen molar-refractivity contribution < 1.29 is 27.9 Å². The number of carbonyl (C=O) groups is 1. The molecular weight excluding hydrogens is 521 g/mol. The van der Waals surface area contributed by atoms with Gasteiger partial charge in [-0.1, -0.05) is 12.1 Å². The maximum Gasteiger partial charge on any atom is 0.361 e. The Kier molecular flexibility index (Phi) is 7.74. The molecule has 0 fully saturated rings. The zero-order valence-electron chi connectivity index (χ0n) is 22.5. The van der Waals surface area contributed by atoms with Crippen LogP contribution in [0.15, 0.2) is 42.5 Å². The van der Waals surface area contributed by atoms with Gasteiger partial charge in [0.15, 0.2) is 11.5 Å². The van der Waals surface area contributed by atoms with Crippen molar-refractivity contribution in [1.82, 2.24) is 19.3 Å². The molecule has 206 valence electrons. The van der Waals surface area contributed by atoms with Crippen molar-refractivity contribution in [2.75, 3.05) is 31.7 Å². The van der Waals surface area contributed by atoms with E-state index in [1.807, 2.05) is 42.7 Å². The number of imidazole rings is 1. The fourth-order valence-corrected chi connectivity index (χ4v) is 6.11. The summed E-state index contributed by atoms with van der Waals surface area (Å²) in [7, 11) is -3.40. The van der Waals surface area contributed by atoms with Gasteiger partial charge in [-0.15, -0.1) is 0 Å². The van der Waals surface area contributed by atoms with Gasteiger partial charge in [-0.2, -0.15) is 5.10 Å². The Labute approximate surface area is 226 Å². The average molecular weight is 554 g/mol. The Bertz CT molecular complexity index is 1530. The second-order valence-corrected chi connectivity index (χ2v) is 11.0. The molecule has 5 rings (SSSR count). The van der Waals surface area contributed by atoms with E-state index >= 15 is 0 Å². The van der Waals surface area contributed by atoms with E-state index < -0.39 is 7.60 Å². The van der Waals surface area contributed by atoms with Crippen LogP contribution in [0.4, 0.5) is 5.95 Å². The molecule has 0 radical (unpaired) electrons. The number of aromatic nitrogens is 4. The lowest BCUT2D eigenvalue weighted by Crippen LogP contribution is -2.20. The molecule has 0 saturated heterocycles. The summed E-state index contributed by atoms with van der Waals surface area (Å²) in [6.07, 6.45) is 0. The highest BCUT2D eigenvalue weighted by Gasteiger charge is 2.27. The molecule has 11 nitrogen and oxygen atoms in total. The maximum atomic E-state index is 13.3. The molecule has 1 aliphatic heterocycles. The minimum Gasteiger partial charge on any atom is -0.486 e. The van der Waals surface area contributed by atoms with Gasteiger partial charge in [-0.3, -0.25) is 19.4 Å². The highest BCUT2D eigenvalue weighted by Crippen LogP contribution is 2.46. The van der Waals surface area contributed by atoms with Gasteiger partial charge in [0.1, 0.15) is 18.9 Å². The summed E-state index contributed by atoms with van der Waals surface area (Å²) < 4.78 is 39.2. The fraction of sp³-hybridized carbons (Fsp3) is 0.370. The van der Waals surface area contributed by atoms with Gasteiger partial charge < -0.3 is 23.1 Å². The summed E-state index contributed by atoms with van der Waals surface area (Å²) in [5, 5.41) is 7.84. The van der Waals surface area contributed by atoms with Crippen molar-refractivity contribution in [2.24, 2.45) is 0 Å². The number of amides is 1. The van der Waals surface area contributed by atoms with Gasteiger partial charge in [0, 0.05) is 18.7 Å². The van der Waals surface area contributed by atoms with Crippen LogP contribution < -0.4 is 20.1 Å². The molecule has 0 aliphatic carbocycles. The molecule has 1 N–H and O–H groups in total. The van der Waals surface area contributed by atoms with Crippen LogP contribution in [0.1, 0.15) is 42.5 Å². The molecule has 0 spiro atoms. The average Bonchev–Trinajstić information content (AvgIpc) is 3.47. The van der Waals surface area contributed by atoms with Gasteiger partial charge in [0.2, 0.25) is 5.95 Å². The summed E-state index contributed by atoms with van der Waals surface area (Å²) in [5.74, 6) is 1.30. The number of hydrogen-bond donors (Lipinski definition) is 1. The predicted octanol–water partition coefficient (Wildman–Crippen LogP) is 4.52. The first-order valence-corrected chi connectivity index (χ1v) is 14.5. The van der Waals surface area contributed by atoms with Gasteiger partial charge in [0.25, 0.3) is 5.91 Å². The van der Waals surface area contributed by atoms with E-state index in [0.717, 1.165) is 16.8 Å². The van der Waals surface area contributed by atoms with E-state index in [2.05, 4.69) is 10.4 Å². The number of ether oxygens (including phenoxy) is 2. The summed E-state index contributed by atoms with van der Waals surface area (Å²) >= 11 is 0. The first-order valence-electron chi connectivity index (χ1n) is 13.0. The SMILES string of the molecule is CCOP(=O)(OCC)c1ccc(Cn2c(NC(=O)c3cc(C)nn3CC)nc3cc4c(cc32)OCCO4)cc1. The Morgan fingerprint density at radius 1 is 1.03 bits per heavy atom. The van der Waals surface area contributed by atoms with Crippen molar-refractivity contribution in [3.05, 3.63) is 59.4 Å². The van der Waals surface area contributed by atoms with Crippen LogP contribution in [-0.2, 0) is 26.7 Å². The van der Waals surface area contributed by atoms with Crippen LogP contribution in [0.3, 0.4) is 0 Å². The highest BCUT2D eigenvalue weighted by atomic mass is 31.2. The van der Waals surface area contributed by atoms with E-state index in [0.29, 0.717) is 60.3 Å². The Hall–Kier alpha value is -3.66. The third-order valence-electron chi connectivity index (χ3n) is 6.26. The molecule has 39 heavy (non-hydrogen) atoms. The van der Waals surface area contributed by atoms with E-state index in [9.17, 15) is 9.36 Å². The molecular formula is C27H32N5O6P. The zero-order valence-corrected chi connectivity index (χ0v) is 23.4.